The summed E-state index contributed by atoms with van der Waals surface area (Å²) in [6.07, 6.45) is 5.88. The predicted molar refractivity (Wildman–Crippen MR) is 85.1 cm³/mol. The number of phenolic OH excluding ortho intramolecular Hbond substituents is 1. The number of aromatic hydroxyl groups is 1. The molecule has 0 unspecified atom stereocenters. The Morgan fingerprint density at radius 1 is 0.864 bits per heavy atom. The van der Waals surface area contributed by atoms with Crippen molar-refractivity contribution in [1.29, 1.82) is 0 Å². The van der Waals surface area contributed by atoms with Crippen LogP contribution in [0.4, 0.5) is 0 Å². The summed E-state index contributed by atoms with van der Waals surface area (Å²) in [6, 6.07) is 15.4. The smallest absolute Gasteiger partial charge is 0.298 e. The number of carbonyl (C=O) groups excluding carboxylic acids is 1. The van der Waals surface area contributed by atoms with Gasteiger partial charge in [0.05, 0.1) is 0 Å². The van der Waals surface area contributed by atoms with Gasteiger partial charge in [-0.25, -0.2) is 0 Å². The molecule has 1 saturated carbocycles. The minimum absolute atomic E-state index is 0.00827. The largest absolute Gasteiger partial charge is 0.508 e. The maximum absolute atomic E-state index is 10.4. The molecule has 0 spiro atoms. The van der Waals surface area contributed by atoms with Gasteiger partial charge >= 0.3 is 0 Å². The molecule has 2 aromatic rings. The average molecular weight is 296 g/mol. The lowest BCUT2D eigenvalue weighted by atomic mass is 9.65. The van der Waals surface area contributed by atoms with E-state index in [-0.39, 0.29) is 5.41 Å². The van der Waals surface area contributed by atoms with Gasteiger partial charge in [-0.15, -0.1) is 0 Å². The molecule has 0 heterocycles. The summed E-state index contributed by atoms with van der Waals surface area (Å²) in [5, 5.41) is 9.56. The normalized spacial score (nSPS) is 16.9. The molecule has 2 aromatic carbocycles. The van der Waals surface area contributed by atoms with Crippen LogP contribution < -0.4 is 4.74 Å². The van der Waals surface area contributed by atoms with E-state index in [9.17, 15) is 9.90 Å². The van der Waals surface area contributed by atoms with Gasteiger partial charge in [0.15, 0.2) is 0 Å². The lowest BCUT2D eigenvalue weighted by Gasteiger charge is -2.38. The van der Waals surface area contributed by atoms with Gasteiger partial charge in [-0.3, -0.25) is 4.79 Å². The molecule has 0 aromatic heterocycles. The molecule has 3 nitrogen and oxygen atoms in total. The van der Waals surface area contributed by atoms with Crippen LogP contribution in [0.2, 0.25) is 0 Å². The third kappa shape index (κ3) is 2.71. The van der Waals surface area contributed by atoms with Crippen molar-refractivity contribution in [3.8, 4) is 11.5 Å². The van der Waals surface area contributed by atoms with Gasteiger partial charge < -0.3 is 9.84 Å². The van der Waals surface area contributed by atoms with Gasteiger partial charge in [0.1, 0.15) is 11.5 Å². The third-order valence-electron chi connectivity index (χ3n) is 4.72. The van der Waals surface area contributed by atoms with Crippen LogP contribution in [0.5, 0.6) is 11.5 Å². The van der Waals surface area contributed by atoms with E-state index in [1.807, 2.05) is 24.3 Å². The van der Waals surface area contributed by atoms with Gasteiger partial charge in [-0.05, 0) is 48.2 Å². The first-order valence-corrected chi connectivity index (χ1v) is 7.75. The lowest BCUT2D eigenvalue weighted by molar-refractivity contribution is -0.120. The topological polar surface area (TPSA) is 46.5 Å². The molecule has 3 heteroatoms. The van der Waals surface area contributed by atoms with E-state index in [0.29, 0.717) is 18.0 Å². The van der Waals surface area contributed by atoms with Crippen LogP contribution in [-0.4, -0.2) is 11.6 Å². The Labute approximate surface area is 130 Å². The molecule has 0 radical (unpaired) electrons. The quantitative estimate of drug-likeness (QED) is 0.861. The van der Waals surface area contributed by atoms with Gasteiger partial charge in [0.2, 0.25) is 0 Å². The fourth-order valence-electron chi connectivity index (χ4n) is 3.59. The van der Waals surface area contributed by atoms with Crippen LogP contribution in [0.3, 0.4) is 0 Å². The number of benzene rings is 2. The molecule has 114 valence electrons. The fraction of sp³-hybridized carbons (Fsp3) is 0.316. The van der Waals surface area contributed by atoms with E-state index in [4.69, 9.17) is 4.74 Å². The minimum atomic E-state index is -0.00827. The Hall–Kier alpha value is -2.29. The van der Waals surface area contributed by atoms with Crippen molar-refractivity contribution >= 4 is 6.47 Å². The number of hydrogen-bond donors (Lipinski definition) is 1. The van der Waals surface area contributed by atoms with Gasteiger partial charge in [0.25, 0.3) is 6.47 Å². The Morgan fingerprint density at radius 2 is 1.41 bits per heavy atom. The number of phenols is 1. The molecular weight excluding hydrogens is 276 g/mol. The number of rotatable bonds is 4. The van der Waals surface area contributed by atoms with E-state index in [2.05, 4.69) is 12.1 Å². The van der Waals surface area contributed by atoms with Crippen LogP contribution in [0.25, 0.3) is 0 Å². The maximum Gasteiger partial charge on any atom is 0.298 e. The van der Waals surface area contributed by atoms with Crippen molar-refractivity contribution in [1.82, 2.24) is 0 Å². The molecule has 0 saturated heterocycles. The Kier molecular flexibility index (Phi) is 4.14. The SMILES string of the molecule is O=COc1ccc(C2(c3ccc(O)cc3)CCCCC2)cc1. The third-order valence-corrected chi connectivity index (χ3v) is 4.72. The van der Waals surface area contributed by atoms with Crippen LogP contribution >= 0.6 is 0 Å². The second-order valence-electron chi connectivity index (χ2n) is 5.93. The van der Waals surface area contributed by atoms with Gasteiger partial charge in [0, 0.05) is 5.41 Å². The lowest BCUT2D eigenvalue weighted by Crippen LogP contribution is -2.30. The maximum atomic E-state index is 10.4. The Bertz CT molecular complexity index is 623. The standard InChI is InChI=1S/C19H20O3/c20-14-22-18-10-6-16(7-11-18)19(12-2-1-3-13-19)15-4-8-17(21)9-5-15/h4-11,14,21H,1-3,12-13H2. The van der Waals surface area contributed by atoms with Crippen molar-refractivity contribution in [2.75, 3.05) is 0 Å². The predicted octanol–water partition coefficient (Wildman–Crippen LogP) is 4.18. The molecule has 0 amide bonds. The highest BCUT2D eigenvalue weighted by molar-refractivity contribution is 5.48. The van der Waals surface area contributed by atoms with Crippen molar-refractivity contribution in [3.63, 3.8) is 0 Å². The van der Waals surface area contributed by atoms with Crippen molar-refractivity contribution in [2.45, 2.75) is 37.5 Å². The van der Waals surface area contributed by atoms with E-state index in [0.717, 1.165) is 12.8 Å². The number of carbonyl (C=O) groups is 1. The Balaban J connectivity index is 2.01. The zero-order chi connectivity index (χ0) is 15.4. The van der Waals surface area contributed by atoms with Crippen molar-refractivity contribution < 1.29 is 14.6 Å². The minimum Gasteiger partial charge on any atom is -0.508 e. The van der Waals surface area contributed by atoms with Gasteiger partial charge in [-0.2, -0.15) is 0 Å². The first-order valence-electron chi connectivity index (χ1n) is 7.75. The van der Waals surface area contributed by atoms with Crippen LogP contribution in [0.1, 0.15) is 43.2 Å². The summed E-state index contributed by atoms with van der Waals surface area (Å²) < 4.78 is 4.89. The van der Waals surface area contributed by atoms with Crippen LogP contribution in [0, 0.1) is 0 Å². The molecule has 0 bridgehead atoms. The summed E-state index contributed by atoms with van der Waals surface area (Å²) in [5.41, 5.74) is 2.48. The van der Waals surface area contributed by atoms with E-state index in [1.54, 1.807) is 12.1 Å². The molecule has 1 fully saturated rings. The molecule has 0 atom stereocenters. The highest BCUT2D eigenvalue weighted by Crippen LogP contribution is 2.45. The average Bonchev–Trinajstić information content (AvgIpc) is 2.57. The van der Waals surface area contributed by atoms with Crippen LogP contribution in [0.15, 0.2) is 48.5 Å². The van der Waals surface area contributed by atoms with E-state index >= 15 is 0 Å². The van der Waals surface area contributed by atoms with Gasteiger partial charge in [-0.1, -0.05) is 43.5 Å². The molecule has 0 aliphatic heterocycles. The van der Waals surface area contributed by atoms with E-state index in [1.165, 1.54) is 30.4 Å². The molecule has 3 rings (SSSR count). The number of hydrogen-bond acceptors (Lipinski definition) is 3. The molecule has 1 N–H and O–H groups in total. The molecule has 1 aliphatic rings. The van der Waals surface area contributed by atoms with Crippen molar-refractivity contribution in [3.05, 3.63) is 59.7 Å². The van der Waals surface area contributed by atoms with E-state index < -0.39 is 0 Å². The summed E-state index contributed by atoms with van der Waals surface area (Å²) in [6.45, 7) is 0.450. The first-order chi connectivity index (χ1) is 10.7. The molecule has 1 aliphatic carbocycles. The summed E-state index contributed by atoms with van der Waals surface area (Å²) in [4.78, 5) is 10.4. The van der Waals surface area contributed by atoms with Crippen LogP contribution in [-0.2, 0) is 10.2 Å². The summed E-state index contributed by atoms with van der Waals surface area (Å²) in [5.74, 6) is 0.861. The second kappa shape index (κ2) is 6.22. The fourth-order valence-corrected chi connectivity index (χ4v) is 3.59. The Morgan fingerprint density at radius 3 is 1.95 bits per heavy atom. The zero-order valence-corrected chi connectivity index (χ0v) is 12.5. The summed E-state index contributed by atoms with van der Waals surface area (Å²) in [7, 11) is 0. The monoisotopic (exact) mass is 296 g/mol. The summed E-state index contributed by atoms with van der Waals surface area (Å²) >= 11 is 0. The molecule has 22 heavy (non-hydrogen) atoms. The first kappa shape index (κ1) is 14.6. The molecular formula is C19H20O3. The second-order valence-corrected chi connectivity index (χ2v) is 5.93. The highest BCUT2D eigenvalue weighted by atomic mass is 16.5. The number of ether oxygens (including phenoxy) is 1. The zero-order valence-electron chi connectivity index (χ0n) is 12.5. The highest BCUT2D eigenvalue weighted by Gasteiger charge is 2.35. The van der Waals surface area contributed by atoms with Crippen molar-refractivity contribution in [2.24, 2.45) is 0 Å².